The molecule has 1 aliphatic heterocycles. The number of nitrogens with zero attached hydrogens (tertiary/aromatic N) is 2. The summed E-state index contributed by atoms with van der Waals surface area (Å²) in [5.74, 6) is -1.91. The Morgan fingerprint density at radius 3 is 2.50 bits per heavy atom. The molecule has 1 saturated heterocycles. The highest BCUT2D eigenvalue weighted by atomic mass is 16.2. The summed E-state index contributed by atoms with van der Waals surface area (Å²) >= 11 is 0. The second-order valence-corrected chi connectivity index (χ2v) is 11.3. The molecule has 0 aliphatic carbocycles. The molecule has 10 nitrogen and oxygen atoms in total. The van der Waals surface area contributed by atoms with E-state index in [1.165, 1.54) is 5.01 Å². The van der Waals surface area contributed by atoms with E-state index in [0.717, 1.165) is 28.6 Å². The lowest BCUT2D eigenvalue weighted by molar-refractivity contribution is -0.143. The van der Waals surface area contributed by atoms with E-state index >= 15 is 0 Å². The van der Waals surface area contributed by atoms with Crippen LogP contribution in [0.5, 0.6) is 0 Å². The maximum Gasteiger partial charge on any atom is 0.258 e. The van der Waals surface area contributed by atoms with Gasteiger partial charge >= 0.3 is 0 Å². The summed E-state index contributed by atoms with van der Waals surface area (Å²) in [5.41, 5.74) is 10.1. The molecule has 2 aromatic rings. The molecule has 4 amide bonds. The molecule has 0 radical (unpaired) electrons. The highest BCUT2D eigenvalue weighted by Gasteiger charge is 2.34. The Bertz CT molecular complexity index is 1290. The van der Waals surface area contributed by atoms with Gasteiger partial charge in [0.05, 0.1) is 10.9 Å². The summed E-state index contributed by atoms with van der Waals surface area (Å²) < 4.78 is 0. The van der Waals surface area contributed by atoms with Crippen LogP contribution in [0, 0.1) is 11.3 Å². The van der Waals surface area contributed by atoms with Gasteiger partial charge in [0.1, 0.15) is 18.1 Å². The molecule has 5 N–H and O–H groups in total. The number of primary amides is 1. The van der Waals surface area contributed by atoms with Crippen molar-refractivity contribution < 1.29 is 19.2 Å². The van der Waals surface area contributed by atoms with Crippen molar-refractivity contribution in [2.75, 3.05) is 6.54 Å². The normalized spacial score (nSPS) is 17.6. The number of carbonyl (C=O) groups excluding carboxylic acids is 4. The molecule has 10 heteroatoms. The first kappa shape index (κ1) is 30.7. The van der Waals surface area contributed by atoms with E-state index < -0.39 is 35.4 Å². The fraction of sp³-hybridized carbons (Fsp3) is 0.500. The second-order valence-electron chi connectivity index (χ2n) is 11.3. The van der Waals surface area contributed by atoms with Gasteiger partial charge in [-0.15, -0.1) is 0 Å². The summed E-state index contributed by atoms with van der Waals surface area (Å²) in [6.45, 7) is 11.3. The zero-order valence-electron chi connectivity index (χ0n) is 24.3. The number of aryl methyl sites for hydroxylation is 1. The Morgan fingerprint density at radius 1 is 1.15 bits per heavy atom. The van der Waals surface area contributed by atoms with Gasteiger partial charge in [-0.25, -0.2) is 5.43 Å². The lowest BCUT2D eigenvalue weighted by Gasteiger charge is -2.34. The second kappa shape index (κ2) is 13.0. The number of aromatic nitrogens is 1. The number of hydrazine groups is 1. The molecule has 1 aromatic carbocycles. The van der Waals surface area contributed by atoms with E-state index in [-0.39, 0.29) is 17.7 Å². The van der Waals surface area contributed by atoms with E-state index in [1.807, 2.05) is 50.3 Å². The fourth-order valence-electron chi connectivity index (χ4n) is 4.47. The van der Waals surface area contributed by atoms with E-state index in [0.29, 0.717) is 19.4 Å². The smallest absolute Gasteiger partial charge is 0.258 e. The van der Waals surface area contributed by atoms with Crippen LogP contribution in [-0.2, 0) is 25.6 Å². The third-order valence-corrected chi connectivity index (χ3v) is 7.17. The number of carbonyl (C=O) groups is 4. The molecule has 0 saturated carbocycles. The van der Waals surface area contributed by atoms with Gasteiger partial charge in [-0.1, -0.05) is 51.1 Å². The standard InChI is InChI=1S/C30H42N6O4/c1-7-22-13-12-21-11-10-20(17-24(21)33-22)14-15-30(5,6)29(40)34-25(18(2)3)27(38)32-19(4)28(39)36-16-8-9-23(35-36)26(31)37/h10-15,17-19,23,25,35H,7-9,16H2,1-6H3,(H2,31,37)(H,32,38)(H,34,40)/b15-14+. The molecule has 1 aliphatic rings. The highest BCUT2D eigenvalue weighted by Crippen LogP contribution is 2.22. The van der Waals surface area contributed by atoms with Gasteiger partial charge < -0.3 is 16.4 Å². The van der Waals surface area contributed by atoms with E-state index in [1.54, 1.807) is 20.8 Å². The number of rotatable bonds is 10. The molecule has 3 atom stereocenters. The van der Waals surface area contributed by atoms with Crippen LogP contribution in [0.15, 0.2) is 36.4 Å². The van der Waals surface area contributed by atoms with Crippen LogP contribution in [-0.4, -0.2) is 58.3 Å². The van der Waals surface area contributed by atoms with Crippen molar-refractivity contribution in [3.05, 3.63) is 47.7 Å². The van der Waals surface area contributed by atoms with Gasteiger partial charge in [-0.05, 0) is 63.6 Å². The monoisotopic (exact) mass is 550 g/mol. The predicted octanol–water partition coefficient (Wildman–Crippen LogP) is 2.46. The molecular formula is C30H42N6O4. The van der Waals surface area contributed by atoms with Gasteiger partial charge in [-0.2, -0.15) is 0 Å². The molecule has 216 valence electrons. The number of benzene rings is 1. The summed E-state index contributed by atoms with van der Waals surface area (Å²) in [6, 6.07) is 7.71. The van der Waals surface area contributed by atoms with Crippen molar-refractivity contribution >= 4 is 40.6 Å². The Balaban J connectivity index is 1.65. The third-order valence-electron chi connectivity index (χ3n) is 7.17. The molecule has 0 spiro atoms. The SMILES string of the molecule is CCc1ccc2ccc(/C=C/C(C)(C)C(=O)NC(C(=O)NC(C)C(=O)N3CCCC(C(N)=O)N3)C(C)C)cc2n1. The van der Waals surface area contributed by atoms with Gasteiger partial charge in [0, 0.05) is 17.6 Å². The van der Waals surface area contributed by atoms with Crippen molar-refractivity contribution in [1.82, 2.24) is 26.1 Å². The summed E-state index contributed by atoms with van der Waals surface area (Å²) in [4.78, 5) is 55.6. The topological polar surface area (TPSA) is 147 Å². The molecule has 3 unspecified atom stereocenters. The number of nitrogens with two attached hydrogens (primary N) is 1. The van der Waals surface area contributed by atoms with E-state index in [2.05, 4.69) is 34.0 Å². The molecule has 1 fully saturated rings. The van der Waals surface area contributed by atoms with Crippen LogP contribution in [0.4, 0.5) is 0 Å². The Hall–Kier alpha value is -3.79. The van der Waals surface area contributed by atoms with E-state index in [4.69, 9.17) is 5.73 Å². The summed E-state index contributed by atoms with van der Waals surface area (Å²) in [6.07, 6.45) is 5.71. The molecule has 3 rings (SSSR count). The minimum absolute atomic E-state index is 0.224. The summed E-state index contributed by atoms with van der Waals surface area (Å²) in [7, 11) is 0. The minimum Gasteiger partial charge on any atom is -0.368 e. The van der Waals surface area contributed by atoms with Crippen LogP contribution in [0.3, 0.4) is 0 Å². The highest BCUT2D eigenvalue weighted by molar-refractivity contribution is 5.94. The van der Waals surface area contributed by atoms with Crippen molar-refractivity contribution in [3.8, 4) is 0 Å². The lowest BCUT2D eigenvalue weighted by atomic mass is 9.89. The number of hydrogen-bond donors (Lipinski definition) is 4. The third kappa shape index (κ3) is 7.65. The van der Waals surface area contributed by atoms with Crippen LogP contribution in [0.25, 0.3) is 17.0 Å². The molecule has 2 heterocycles. The van der Waals surface area contributed by atoms with Gasteiger partial charge in [0.25, 0.3) is 5.91 Å². The zero-order valence-corrected chi connectivity index (χ0v) is 24.3. The zero-order chi connectivity index (χ0) is 29.6. The quantitative estimate of drug-likeness (QED) is 0.357. The average molecular weight is 551 g/mol. The molecule has 1 aromatic heterocycles. The minimum atomic E-state index is -0.913. The first-order valence-electron chi connectivity index (χ1n) is 13.9. The van der Waals surface area contributed by atoms with Crippen LogP contribution in [0.1, 0.15) is 65.6 Å². The van der Waals surface area contributed by atoms with Crippen LogP contribution in [0.2, 0.25) is 0 Å². The average Bonchev–Trinajstić information content (AvgIpc) is 2.93. The van der Waals surface area contributed by atoms with E-state index in [9.17, 15) is 19.2 Å². The Kier molecular flexibility index (Phi) is 10.0. The van der Waals surface area contributed by atoms with Crippen molar-refractivity contribution in [2.45, 2.75) is 78.9 Å². The van der Waals surface area contributed by atoms with Crippen molar-refractivity contribution in [2.24, 2.45) is 17.1 Å². The number of nitrogens with one attached hydrogen (secondary N) is 3. The van der Waals surface area contributed by atoms with Crippen molar-refractivity contribution in [3.63, 3.8) is 0 Å². The Morgan fingerprint density at radius 2 is 1.85 bits per heavy atom. The first-order valence-corrected chi connectivity index (χ1v) is 13.9. The largest absolute Gasteiger partial charge is 0.368 e. The maximum absolute atomic E-state index is 13.3. The maximum atomic E-state index is 13.3. The van der Waals surface area contributed by atoms with Crippen LogP contribution < -0.4 is 21.8 Å². The van der Waals surface area contributed by atoms with Crippen LogP contribution >= 0.6 is 0 Å². The number of hydrogen-bond acceptors (Lipinski definition) is 6. The van der Waals surface area contributed by atoms with Gasteiger partial charge in [0.15, 0.2) is 0 Å². The Labute approximate surface area is 236 Å². The van der Waals surface area contributed by atoms with Gasteiger partial charge in [-0.3, -0.25) is 29.2 Å². The lowest BCUT2D eigenvalue weighted by Crippen LogP contribution is -2.61. The molecule has 40 heavy (non-hydrogen) atoms. The van der Waals surface area contributed by atoms with Crippen molar-refractivity contribution in [1.29, 1.82) is 0 Å². The first-order chi connectivity index (χ1) is 18.8. The fourth-order valence-corrected chi connectivity index (χ4v) is 4.47. The number of fused-ring (bicyclic) bond motifs is 1. The van der Waals surface area contributed by atoms with Gasteiger partial charge in [0.2, 0.25) is 17.7 Å². The number of amides is 4. The molecule has 0 bridgehead atoms. The predicted molar refractivity (Wildman–Crippen MR) is 155 cm³/mol. The number of pyridine rings is 1. The molecular weight excluding hydrogens is 508 g/mol. The summed E-state index contributed by atoms with van der Waals surface area (Å²) in [5, 5.41) is 7.96.